The summed E-state index contributed by atoms with van der Waals surface area (Å²) in [6, 6.07) is 4.44. The number of hydrogen-bond donors (Lipinski definition) is 0. The minimum atomic E-state index is -0.633. The van der Waals surface area contributed by atoms with Gasteiger partial charge in [0.1, 0.15) is 5.60 Å². The lowest BCUT2D eigenvalue weighted by Gasteiger charge is -2.19. The number of rotatable bonds is 4. The van der Waals surface area contributed by atoms with Crippen LogP contribution in [0.3, 0.4) is 0 Å². The van der Waals surface area contributed by atoms with Gasteiger partial charge in [0.15, 0.2) is 0 Å². The minimum Gasteiger partial charge on any atom is -0.465 e. The Hall–Kier alpha value is -2.53. The van der Waals surface area contributed by atoms with Gasteiger partial charge in [0.2, 0.25) is 0 Å². The Bertz CT molecular complexity index is 599. The molecule has 0 unspecified atom stereocenters. The summed E-state index contributed by atoms with van der Waals surface area (Å²) in [5.74, 6) is -1.15. The van der Waals surface area contributed by atoms with E-state index in [2.05, 4.69) is 14.8 Å². The van der Waals surface area contributed by atoms with Gasteiger partial charge in [0.25, 0.3) is 0 Å². The van der Waals surface area contributed by atoms with Crippen molar-refractivity contribution in [3.8, 4) is 0 Å². The van der Waals surface area contributed by atoms with Gasteiger partial charge in [-0.1, -0.05) is 11.2 Å². The maximum atomic E-state index is 12.0. The van der Waals surface area contributed by atoms with E-state index in [9.17, 15) is 9.59 Å². The molecule has 0 aliphatic heterocycles. The quantitative estimate of drug-likeness (QED) is 0.367. The zero-order valence-electron chi connectivity index (χ0n) is 12.4. The molecule has 0 saturated heterocycles. The number of carbonyl (C=O) groups is 2. The maximum absolute atomic E-state index is 12.0. The Kier molecular flexibility index (Phi) is 5.32. The van der Waals surface area contributed by atoms with E-state index < -0.39 is 17.5 Å². The molecular weight excluding hydrogens is 274 g/mol. The summed E-state index contributed by atoms with van der Waals surface area (Å²) in [7, 11) is 1.24. The van der Waals surface area contributed by atoms with Gasteiger partial charge in [-0.15, -0.1) is 0 Å². The third-order valence-electron chi connectivity index (χ3n) is 2.45. The molecule has 0 amide bonds. The zero-order chi connectivity index (χ0) is 16.0. The van der Waals surface area contributed by atoms with Crippen molar-refractivity contribution in [1.29, 1.82) is 0 Å². The van der Waals surface area contributed by atoms with E-state index in [1.807, 2.05) is 0 Å². The fourth-order valence-corrected chi connectivity index (χ4v) is 1.59. The van der Waals surface area contributed by atoms with Crippen LogP contribution in [0.25, 0.3) is 10.4 Å². The van der Waals surface area contributed by atoms with Crippen molar-refractivity contribution in [2.75, 3.05) is 7.11 Å². The summed E-state index contributed by atoms with van der Waals surface area (Å²) >= 11 is 0. The van der Waals surface area contributed by atoms with Crippen molar-refractivity contribution < 1.29 is 19.1 Å². The van der Waals surface area contributed by atoms with Gasteiger partial charge in [-0.25, -0.2) is 9.59 Å². The van der Waals surface area contributed by atoms with Crippen LogP contribution in [0.5, 0.6) is 0 Å². The monoisotopic (exact) mass is 291 g/mol. The molecule has 0 aromatic heterocycles. The molecule has 0 spiro atoms. The topological polar surface area (TPSA) is 101 Å². The molecule has 1 rings (SSSR count). The first-order chi connectivity index (χ1) is 9.78. The van der Waals surface area contributed by atoms with Gasteiger partial charge in [-0.2, -0.15) is 0 Å². The maximum Gasteiger partial charge on any atom is 0.338 e. The van der Waals surface area contributed by atoms with E-state index in [0.29, 0.717) is 5.56 Å². The normalized spacial score (nSPS) is 10.5. The molecule has 0 heterocycles. The highest BCUT2D eigenvalue weighted by atomic mass is 16.6. The summed E-state index contributed by atoms with van der Waals surface area (Å²) in [6.07, 6.45) is 0. The molecule has 0 atom stereocenters. The van der Waals surface area contributed by atoms with Gasteiger partial charge in [-0.05, 0) is 44.0 Å². The Morgan fingerprint density at radius 2 is 1.95 bits per heavy atom. The first-order valence-corrected chi connectivity index (χ1v) is 6.24. The van der Waals surface area contributed by atoms with Crippen LogP contribution in [0.4, 0.5) is 0 Å². The van der Waals surface area contributed by atoms with Crippen molar-refractivity contribution in [3.63, 3.8) is 0 Å². The van der Waals surface area contributed by atoms with E-state index in [1.54, 1.807) is 26.8 Å². The molecule has 1 aromatic carbocycles. The van der Waals surface area contributed by atoms with E-state index in [-0.39, 0.29) is 17.7 Å². The zero-order valence-corrected chi connectivity index (χ0v) is 12.4. The average molecular weight is 291 g/mol. The molecule has 7 heteroatoms. The number of nitrogens with zero attached hydrogens (tertiary/aromatic N) is 3. The van der Waals surface area contributed by atoms with Gasteiger partial charge in [0.05, 0.1) is 24.8 Å². The SMILES string of the molecule is COC(=O)c1cc(C(=O)OC(C)(C)C)ccc1CN=[N+]=[N-]. The second-order valence-electron chi connectivity index (χ2n) is 5.25. The van der Waals surface area contributed by atoms with Gasteiger partial charge >= 0.3 is 11.9 Å². The first-order valence-electron chi connectivity index (χ1n) is 6.24. The molecule has 0 aliphatic rings. The Morgan fingerprint density at radius 1 is 1.29 bits per heavy atom. The van der Waals surface area contributed by atoms with Crippen molar-refractivity contribution in [2.24, 2.45) is 5.11 Å². The van der Waals surface area contributed by atoms with Crippen LogP contribution in [0, 0.1) is 0 Å². The molecule has 0 N–H and O–H groups in total. The lowest BCUT2D eigenvalue weighted by molar-refractivity contribution is 0.00695. The summed E-state index contributed by atoms with van der Waals surface area (Å²) < 4.78 is 9.91. The summed E-state index contributed by atoms with van der Waals surface area (Å²) in [5.41, 5.74) is 8.60. The lowest BCUT2D eigenvalue weighted by Crippen LogP contribution is -2.24. The van der Waals surface area contributed by atoms with Crippen molar-refractivity contribution >= 4 is 11.9 Å². The molecule has 21 heavy (non-hydrogen) atoms. The van der Waals surface area contributed by atoms with E-state index in [4.69, 9.17) is 10.3 Å². The number of methoxy groups -OCH3 is 1. The number of benzene rings is 1. The predicted octanol–water partition coefficient (Wildman–Crippen LogP) is 3.24. The second-order valence-corrected chi connectivity index (χ2v) is 5.25. The number of ether oxygens (including phenoxy) is 2. The molecule has 112 valence electrons. The van der Waals surface area contributed by atoms with Crippen LogP contribution >= 0.6 is 0 Å². The molecule has 0 fully saturated rings. The third kappa shape index (κ3) is 4.81. The molecule has 7 nitrogen and oxygen atoms in total. The first kappa shape index (κ1) is 16.5. The van der Waals surface area contributed by atoms with E-state index >= 15 is 0 Å². The van der Waals surface area contributed by atoms with Crippen LogP contribution < -0.4 is 0 Å². The van der Waals surface area contributed by atoms with Gasteiger partial charge in [-0.3, -0.25) is 0 Å². The molecule has 0 saturated carbocycles. The van der Waals surface area contributed by atoms with Crippen molar-refractivity contribution in [2.45, 2.75) is 32.9 Å². The van der Waals surface area contributed by atoms with Crippen LogP contribution in [0.15, 0.2) is 23.3 Å². The van der Waals surface area contributed by atoms with Gasteiger partial charge in [0, 0.05) is 4.91 Å². The highest BCUT2D eigenvalue weighted by Gasteiger charge is 2.20. The Labute approximate surface area is 122 Å². The van der Waals surface area contributed by atoms with Crippen LogP contribution in [-0.4, -0.2) is 24.6 Å². The molecule has 1 aromatic rings. The Morgan fingerprint density at radius 3 is 2.48 bits per heavy atom. The fraction of sp³-hybridized carbons (Fsp3) is 0.429. The standard InChI is InChI=1S/C14H17N3O4/c1-14(2,3)21-12(18)9-5-6-10(8-16-17-15)11(7-9)13(19)20-4/h5-7H,8H2,1-4H3. The number of hydrogen-bond acceptors (Lipinski definition) is 5. The summed E-state index contributed by atoms with van der Waals surface area (Å²) in [5, 5.41) is 3.41. The number of azide groups is 1. The highest BCUT2D eigenvalue weighted by molar-refractivity contribution is 5.96. The fourth-order valence-electron chi connectivity index (χ4n) is 1.59. The third-order valence-corrected chi connectivity index (χ3v) is 2.45. The van der Waals surface area contributed by atoms with Crippen molar-refractivity contribution in [3.05, 3.63) is 45.3 Å². The molecule has 0 radical (unpaired) electrons. The van der Waals surface area contributed by atoms with E-state index in [0.717, 1.165) is 0 Å². The second kappa shape index (κ2) is 6.76. The predicted molar refractivity (Wildman–Crippen MR) is 75.8 cm³/mol. The van der Waals surface area contributed by atoms with Crippen molar-refractivity contribution in [1.82, 2.24) is 0 Å². The smallest absolute Gasteiger partial charge is 0.338 e. The molecule has 0 bridgehead atoms. The number of carbonyl (C=O) groups excluding carboxylic acids is 2. The van der Waals surface area contributed by atoms with E-state index in [1.165, 1.54) is 19.2 Å². The average Bonchev–Trinajstić information content (AvgIpc) is 2.42. The van der Waals surface area contributed by atoms with Gasteiger partial charge < -0.3 is 9.47 Å². The van der Waals surface area contributed by atoms with Crippen LogP contribution in [-0.2, 0) is 16.0 Å². The Balaban J connectivity index is 3.17. The highest BCUT2D eigenvalue weighted by Crippen LogP contribution is 2.18. The summed E-state index contributed by atoms with van der Waals surface area (Å²) in [4.78, 5) is 26.4. The largest absolute Gasteiger partial charge is 0.465 e. The van der Waals surface area contributed by atoms with Crippen LogP contribution in [0.1, 0.15) is 47.1 Å². The lowest BCUT2D eigenvalue weighted by atomic mass is 10.0. The molecular formula is C14H17N3O4. The van der Waals surface area contributed by atoms with Crippen LogP contribution in [0.2, 0.25) is 0 Å². The molecule has 0 aliphatic carbocycles. The minimum absolute atomic E-state index is 0.00443. The summed E-state index contributed by atoms with van der Waals surface area (Å²) in [6.45, 7) is 5.25. The number of esters is 2.